The number of amides is 2. The molecular weight excluding hydrogens is 576 g/mol. The molecule has 1 fully saturated rings. The summed E-state index contributed by atoms with van der Waals surface area (Å²) in [4.78, 5) is 24.3. The number of likely N-dealkylation sites (tertiary alicyclic amines) is 1. The van der Waals surface area contributed by atoms with Gasteiger partial charge >= 0.3 is 6.09 Å². The van der Waals surface area contributed by atoms with E-state index < -0.39 is 6.09 Å². The van der Waals surface area contributed by atoms with Crippen molar-refractivity contribution in [2.45, 2.75) is 38.2 Å². The Kier molecular flexibility index (Phi) is 13.3. The predicted octanol–water partition coefficient (Wildman–Crippen LogP) is 4.94. The second-order valence-corrected chi connectivity index (χ2v) is 10.8. The molecule has 1 aliphatic rings. The lowest BCUT2D eigenvalue weighted by molar-refractivity contribution is -0.118. The number of rotatable bonds is 17. The van der Waals surface area contributed by atoms with E-state index in [1.54, 1.807) is 7.11 Å². The van der Waals surface area contributed by atoms with Crippen LogP contribution in [0.25, 0.3) is 0 Å². The van der Waals surface area contributed by atoms with E-state index >= 15 is 0 Å². The SMILES string of the molecule is COc1ccccc1CCOCCOc1ccc(C2CCN(C(=O)O)CC2OCCOc2ccccc2CCNC(C)=O)cc1. The number of nitrogens with one attached hydrogen (secondary N) is 1. The number of methoxy groups -OCH3 is 1. The summed E-state index contributed by atoms with van der Waals surface area (Å²) >= 11 is 0. The van der Waals surface area contributed by atoms with Crippen molar-refractivity contribution in [3.63, 3.8) is 0 Å². The van der Waals surface area contributed by atoms with Crippen molar-refractivity contribution in [1.29, 1.82) is 0 Å². The Bertz CT molecular complexity index is 1350. The number of para-hydroxylation sites is 2. The summed E-state index contributed by atoms with van der Waals surface area (Å²) in [5.41, 5.74) is 3.19. The lowest BCUT2D eigenvalue weighted by Crippen LogP contribution is -2.46. The Balaban J connectivity index is 1.24. The third-order valence-corrected chi connectivity index (χ3v) is 7.76. The second kappa shape index (κ2) is 17.9. The van der Waals surface area contributed by atoms with Gasteiger partial charge in [0.1, 0.15) is 30.5 Å². The van der Waals surface area contributed by atoms with Crippen molar-refractivity contribution < 1.29 is 38.4 Å². The molecule has 0 aliphatic carbocycles. The van der Waals surface area contributed by atoms with Crippen LogP contribution in [-0.2, 0) is 27.1 Å². The van der Waals surface area contributed by atoms with Crippen molar-refractivity contribution in [1.82, 2.24) is 10.2 Å². The van der Waals surface area contributed by atoms with E-state index in [4.69, 9.17) is 23.7 Å². The minimum absolute atomic E-state index is 0.0397. The van der Waals surface area contributed by atoms with Gasteiger partial charge < -0.3 is 39.0 Å². The number of carboxylic acid groups (broad SMARTS) is 1. The van der Waals surface area contributed by atoms with Crippen LogP contribution in [0.4, 0.5) is 4.79 Å². The minimum Gasteiger partial charge on any atom is -0.496 e. The first-order valence-corrected chi connectivity index (χ1v) is 15.4. The van der Waals surface area contributed by atoms with Crippen LogP contribution >= 0.6 is 0 Å². The number of carbonyl (C=O) groups is 2. The monoisotopic (exact) mass is 620 g/mol. The van der Waals surface area contributed by atoms with Gasteiger partial charge in [0.05, 0.1) is 39.6 Å². The maximum atomic E-state index is 11.7. The van der Waals surface area contributed by atoms with Crippen LogP contribution < -0.4 is 19.5 Å². The van der Waals surface area contributed by atoms with E-state index in [0.717, 1.165) is 40.4 Å². The first-order chi connectivity index (χ1) is 21.9. The van der Waals surface area contributed by atoms with Crippen molar-refractivity contribution in [3.05, 3.63) is 89.5 Å². The fraction of sp³-hybridized carbons (Fsp3) is 0.429. The molecule has 10 heteroatoms. The molecule has 2 unspecified atom stereocenters. The Hall–Kier alpha value is -4.28. The van der Waals surface area contributed by atoms with Crippen molar-refractivity contribution in [2.75, 3.05) is 59.8 Å². The van der Waals surface area contributed by atoms with Crippen molar-refractivity contribution in [3.8, 4) is 17.2 Å². The standard InChI is InChI=1S/C35H44N2O8/c1-26(38)36-18-15-28-7-4-6-10-33(28)44-23-24-45-34-25-37(35(39)40)19-16-31(34)27-11-13-30(14-12-27)43-22-21-42-20-17-29-8-3-5-9-32(29)41-2/h3-14,31,34H,15-25H2,1-2H3,(H,36,38)(H,39,40). The number of benzene rings is 3. The molecule has 3 aromatic carbocycles. The largest absolute Gasteiger partial charge is 0.496 e. The van der Waals surface area contributed by atoms with E-state index in [2.05, 4.69) is 5.32 Å². The summed E-state index contributed by atoms with van der Waals surface area (Å²) in [6.07, 6.45) is 0.828. The van der Waals surface area contributed by atoms with E-state index in [1.807, 2.05) is 72.8 Å². The number of ether oxygens (including phenoxy) is 5. The van der Waals surface area contributed by atoms with E-state index in [0.29, 0.717) is 59.0 Å². The van der Waals surface area contributed by atoms with Gasteiger partial charge in [-0.05, 0) is 60.2 Å². The van der Waals surface area contributed by atoms with Gasteiger partial charge in [-0.25, -0.2) is 4.79 Å². The van der Waals surface area contributed by atoms with Gasteiger partial charge in [0, 0.05) is 25.9 Å². The molecule has 4 rings (SSSR count). The van der Waals surface area contributed by atoms with Gasteiger partial charge in [-0.3, -0.25) is 4.79 Å². The Labute approximate surface area is 265 Å². The van der Waals surface area contributed by atoms with Crippen LogP contribution in [0, 0.1) is 0 Å². The fourth-order valence-electron chi connectivity index (χ4n) is 5.44. The molecule has 0 bridgehead atoms. The molecule has 2 N–H and O–H groups in total. The summed E-state index contributed by atoms with van der Waals surface area (Å²) in [5.74, 6) is 2.33. The summed E-state index contributed by atoms with van der Waals surface area (Å²) in [7, 11) is 1.67. The molecule has 2 atom stereocenters. The zero-order valence-corrected chi connectivity index (χ0v) is 26.1. The number of carbonyl (C=O) groups excluding carboxylic acids is 1. The molecule has 0 saturated carbocycles. The molecule has 3 aromatic rings. The average Bonchev–Trinajstić information content (AvgIpc) is 3.05. The maximum Gasteiger partial charge on any atom is 0.407 e. The summed E-state index contributed by atoms with van der Waals surface area (Å²) in [6.45, 7) is 4.88. The molecule has 1 heterocycles. The summed E-state index contributed by atoms with van der Waals surface area (Å²) in [6, 6.07) is 23.6. The Morgan fingerprint density at radius 1 is 0.844 bits per heavy atom. The van der Waals surface area contributed by atoms with Gasteiger partial charge in [-0.2, -0.15) is 0 Å². The zero-order chi connectivity index (χ0) is 31.9. The highest BCUT2D eigenvalue weighted by Gasteiger charge is 2.33. The smallest absolute Gasteiger partial charge is 0.407 e. The summed E-state index contributed by atoms with van der Waals surface area (Å²) < 4.78 is 29.3. The van der Waals surface area contributed by atoms with Gasteiger partial charge in [0.2, 0.25) is 5.91 Å². The molecule has 2 amide bonds. The number of piperidine rings is 1. The van der Waals surface area contributed by atoms with Gasteiger partial charge in [0.25, 0.3) is 0 Å². The highest BCUT2D eigenvalue weighted by atomic mass is 16.5. The van der Waals surface area contributed by atoms with Crippen LogP contribution in [0.2, 0.25) is 0 Å². The van der Waals surface area contributed by atoms with Crippen LogP contribution in [0.5, 0.6) is 17.2 Å². The topological polar surface area (TPSA) is 116 Å². The third-order valence-electron chi connectivity index (χ3n) is 7.76. The molecule has 45 heavy (non-hydrogen) atoms. The minimum atomic E-state index is -0.944. The fourth-order valence-corrected chi connectivity index (χ4v) is 5.44. The van der Waals surface area contributed by atoms with E-state index in [9.17, 15) is 14.7 Å². The third kappa shape index (κ3) is 10.7. The average molecular weight is 621 g/mol. The normalized spacial score (nSPS) is 16.2. The first kappa shape index (κ1) is 33.6. The van der Waals surface area contributed by atoms with Crippen LogP contribution in [-0.4, -0.2) is 87.9 Å². The molecule has 0 radical (unpaired) electrons. The van der Waals surface area contributed by atoms with Crippen LogP contribution in [0.15, 0.2) is 72.8 Å². The molecule has 0 aromatic heterocycles. The molecule has 1 aliphatic heterocycles. The van der Waals surface area contributed by atoms with Crippen LogP contribution in [0.3, 0.4) is 0 Å². The van der Waals surface area contributed by atoms with Gasteiger partial charge in [-0.1, -0.05) is 48.5 Å². The molecule has 10 nitrogen and oxygen atoms in total. The Morgan fingerprint density at radius 3 is 2.24 bits per heavy atom. The maximum absolute atomic E-state index is 11.7. The highest BCUT2D eigenvalue weighted by Crippen LogP contribution is 2.32. The second-order valence-electron chi connectivity index (χ2n) is 10.8. The molecule has 0 spiro atoms. The van der Waals surface area contributed by atoms with Gasteiger partial charge in [0.15, 0.2) is 0 Å². The number of hydrogen-bond donors (Lipinski definition) is 2. The lowest BCUT2D eigenvalue weighted by atomic mass is 9.87. The quantitative estimate of drug-likeness (QED) is 0.204. The van der Waals surface area contributed by atoms with Crippen molar-refractivity contribution >= 4 is 12.0 Å². The van der Waals surface area contributed by atoms with E-state index in [-0.39, 0.29) is 24.5 Å². The zero-order valence-electron chi connectivity index (χ0n) is 26.1. The van der Waals surface area contributed by atoms with Gasteiger partial charge in [-0.15, -0.1) is 0 Å². The van der Waals surface area contributed by atoms with E-state index in [1.165, 1.54) is 11.8 Å². The molecule has 1 saturated heterocycles. The number of hydrogen-bond acceptors (Lipinski definition) is 7. The molecule has 242 valence electrons. The predicted molar refractivity (Wildman–Crippen MR) is 170 cm³/mol. The lowest BCUT2D eigenvalue weighted by Gasteiger charge is -2.37. The van der Waals surface area contributed by atoms with Crippen molar-refractivity contribution in [2.24, 2.45) is 0 Å². The first-order valence-electron chi connectivity index (χ1n) is 15.4. The summed E-state index contributed by atoms with van der Waals surface area (Å²) in [5, 5.41) is 12.4. The highest BCUT2D eigenvalue weighted by molar-refractivity contribution is 5.72. The molecular formula is C35H44N2O8. The van der Waals surface area contributed by atoms with Crippen LogP contribution in [0.1, 0.15) is 36.0 Å². The Morgan fingerprint density at radius 2 is 1.53 bits per heavy atom. The number of nitrogens with zero attached hydrogens (tertiary/aromatic N) is 1.